The van der Waals surface area contributed by atoms with Crippen LogP contribution in [-0.4, -0.2) is 85.4 Å². The first-order chi connectivity index (χ1) is 12.6. The van der Waals surface area contributed by atoms with E-state index in [-0.39, 0.29) is 11.8 Å². The zero-order valence-corrected chi connectivity index (χ0v) is 16.1. The summed E-state index contributed by atoms with van der Waals surface area (Å²) >= 11 is 0. The molecular formula is C20H32N4O2. The van der Waals surface area contributed by atoms with E-state index >= 15 is 0 Å². The lowest BCUT2D eigenvalue weighted by atomic mass is 10.1. The second-order valence-electron chi connectivity index (χ2n) is 6.70. The van der Waals surface area contributed by atoms with Crippen molar-refractivity contribution in [2.24, 2.45) is 0 Å². The van der Waals surface area contributed by atoms with Crippen LogP contribution in [0, 0.1) is 0 Å². The number of benzene rings is 1. The number of hydrogen-bond acceptors (Lipinski definition) is 4. The zero-order chi connectivity index (χ0) is 18.8. The molecule has 0 bridgehead atoms. The number of likely N-dealkylation sites (N-methyl/N-ethyl adjacent to an activating group) is 1. The summed E-state index contributed by atoms with van der Waals surface area (Å²) in [6, 6.07) is 10.2. The maximum Gasteiger partial charge on any atom is 0.236 e. The van der Waals surface area contributed by atoms with Gasteiger partial charge in [0.1, 0.15) is 0 Å². The molecule has 6 heteroatoms. The van der Waals surface area contributed by atoms with Crippen LogP contribution in [0.4, 0.5) is 0 Å². The summed E-state index contributed by atoms with van der Waals surface area (Å²) in [4.78, 5) is 30.5. The zero-order valence-electron chi connectivity index (χ0n) is 16.1. The maximum absolute atomic E-state index is 12.2. The van der Waals surface area contributed by atoms with Gasteiger partial charge in [0.2, 0.25) is 11.8 Å². The Balaban J connectivity index is 1.62. The van der Waals surface area contributed by atoms with Crippen LogP contribution in [0.25, 0.3) is 0 Å². The maximum atomic E-state index is 12.2. The van der Waals surface area contributed by atoms with Gasteiger partial charge in [0.05, 0.1) is 13.1 Å². The van der Waals surface area contributed by atoms with Crippen molar-refractivity contribution in [3.8, 4) is 0 Å². The van der Waals surface area contributed by atoms with Gasteiger partial charge in [0.25, 0.3) is 0 Å². The molecule has 1 aromatic rings. The molecule has 2 amide bonds. The molecule has 6 nitrogen and oxygen atoms in total. The Kier molecular flexibility index (Phi) is 8.58. The molecule has 1 aliphatic rings. The quantitative estimate of drug-likeness (QED) is 0.709. The van der Waals surface area contributed by atoms with Gasteiger partial charge in [0, 0.05) is 45.8 Å². The van der Waals surface area contributed by atoms with Gasteiger partial charge in [-0.05, 0) is 25.8 Å². The summed E-state index contributed by atoms with van der Waals surface area (Å²) in [7, 11) is 0. The third-order valence-corrected chi connectivity index (χ3v) is 4.89. The molecule has 0 saturated carbocycles. The van der Waals surface area contributed by atoms with Gasteiger partial charge in [-0.2, -0.15) is 0 Å². The lowest BCUT2D eigenvalue weighted by Gasteiger charge is -2.34. The highest BCUT2D eigenvalue weighted by Crippen LogP contribution is 2.03. The van der Waals surface area contributed by atoms with E-state index in [4.69, 9.17) is 0 Å². The number of rotatable bonds is 9. The average molecular weight is 361 g/mol. The first kappa shape index (κ1) is 20.4. The summed E-state index contributed by atoms with van der Waals surface area (Å²) in [5.74, 6) is 0.274. The number of carbonyl (C=O) groups excluding carboxylic acids is 2. The number of amides is 2. The highest BCUT2D eigenvalue weighted by atomic mass is 16.2. The SMILES string of the molecule is CCN(CC)C(=O)CN1CCN(CC(=O)NCCc2ccccc2)CC1. The van der Waals surface area contributed by atoms with Crippen molar-refractivity contribution in [3.05, 3.63) is 35.9 Å². The summed E-state index contributed by atoms with van der Waals surface area (Å²) in [6.45, 7) is 10.5. The Morgan fingerprint density at radius 2 is 1.54 bits per heavy atom. The van der Waals surface area contributed by atoms with Gasteiger partial charge in [0.15, 0.2) is 0 Å². The third kappa shape index (κ3) is 6.77. The van der Waals surface area contributed by atoms with Crippen LogP contribution in [0.15, 0.2) is 30.3 Å². The smallest absolute Gasteiger partial charge is 0.236 e. The Morgan fingerprint density at radius 1 is 0.962 bits per heavy atom. The Bertz CT molecular complexity index is 552. The van der Waals surface area contributed by atoms with Crippen molar-refractivity contribution in [2.45, 2.75) is 20.3 Å². The number of nitrogens with zero attached hydrogens (tertiary/aromatic N) is 3. The van der Waals surface area contributed by atoms with Crippen molar-refractivity contribution in [1.29, 1.82) is 0 Å². The molecule has 1 fully saturated rings. The standard InChI is InChI=1S/C20H32N4O2/c1-3-24(4-2)20(26)17-23-14-12-22(13-15-23)16-19(25)21-11-10-18-8-6-5-7-9-18/h5-9H,3-4,10-17H2,1-2H3,(H,21,25). The minimum absolute atomic E-state index is 0.0774. The molecule has 0 unspecified atom stereocenters. The number of piperazine rings is 1. The predicted molar refractivity (Wildman–Crippen MR) is 104 cm³/mol. The molecule has 0 spiro atoms. The molecule has 144 valence electrons. The van der Waals surface area contributed by atoms with Gasteiger partial charge in [-0.1, -0.05) is 30.3 Å². The molecule has 1 heterocycles. The number of hydrogen-bond donors (Lipinski definition) is 1. The average Bonchev–Trinajstić information content (AvgIpc) is 2.65. The van der Waals surface area contributed by atoms with Crippen molar-refractivity contribution < 1.29 is 9.59 Å². The van der Waals surface area contributed by atoms with Gasteiger partial charge < -0.3 is 10.2 Å². The summed E-state index contributed by atoms with van der Waals surface area (Å²) in [6.07, 6.45) is 0.855. The topological polar surface area (TPSA) is 55.9 Å². The van der Waals surface area contributed by atoms with Gasteiger partial charge in [-0.25, -0.2) is 0 Å². The molecule has 1 N–H and O–H groups in total. The van der Waals surface area contributed by atoms with Gasteiger partial charge >= 0.3 is 0 Å². The van der Waals surface area contributed by atoms with Crippen LogP contribution in [0.5, 0.6) is 0 Å². The molecule has 0 radical (unpaired) electrons. The van der Waals surface area contributed by atoms with E-state index in [1.54, 1.807) is 0 Å². The fourth-order valence-electron chi connectivity index (χ4n) is 3.22. The first-order valence-corrected chi connectivity index (χ1v) is 9.65. The second-order valence-corrected chi connectivity index (χ2v) is 6.70. The van der Waals surface area contributed by atoms with E-state index in [9.17, 15) is 9.59 Å². The molecular weight excluding hydrogens is 328 g/mol. The van der Waals surface area contributed by atoms with Crippen molar-refractivity contribution >= 4 is 11.8 Å². The summed E-state index contributed by atoms with van der Waals surface area (Å²) in [5.41, 5.74) is 1.24. The molecule has 0 aromatic heterocycles. The van der Waals surface area contributed by atoms with E-state index in [1.807, 2.05) is 36.9 Å². The number of carbonyl (C=O) groups is 2. The fourth-order valence-corrected chi connectivity index (χ4v) is 3.22. The van der Waals surface area contributed by atoms with E-state index in [2.05, 4.69) is 27.2 Å². The summed E-state index contributed by atoms with van der Waals surface area (Å²) < 4.78 is 0. The van der Waals surface area contributed by atoms with Crippen molar-refractivity contribution in [1.82, 2.24) is 20.0 Å². The number of nitrogens with one attached hydrogen (secondary N) is 1. The van der Waals surface area contributed by atoms with E-state index in [0.717, 1.165) is 45.7 Å². The van der Waals surface area contributed by atoms with E-state index in [1.165, 1.54) is 5.56 Å². The molecule has 0 atom stereocenters. The van der Waals surface area contributed by atoms with Gasteiger partial charge in [-0.3, -0.25) is 19.4 Å². The van der Waals surface area contributed by atoms with Crippen molar-refractivity contribution in [3.63, 3.8) is 0 Å². The van der Waals surface area contributed by atoms with Gasteiger partial charge in [-0.15, -0.1) is 0 Å². The minimum atomic E-state index is 0.0774. The second kappa shape index (κ2) is 10.9. The molecule has 1 saturated heterocycles. The molecule has 26 heavy (non-hydrogen) atoms. The summed E-state index contributed by atoms with van der Waals surface area (Å²) in [5, 5.41) is 3.00. The van der Waals surface area contributed by atoms with Crippen LogP contribution in [0.3, 0.4) is 0 Å². The van der Waals surface area contributed by atoms with E-state index < -0.39 is 0 Å². The molecule has 0 aliphatic carbocycles. The van der Waals surface area contributed by atoms with E-state index in [0.29, 0.717) is 19.6 Å². The third-order valence-electron chi connectivity index (χ3n) is 4.89. The fraction of sp³-hybridized carbons (Fsp3) is 0.600. The Hall–Kier alpha value is -1.92. The minimum Gasteiger partial charge on any atom is -0.355 e. The highest BCUT2D eigenvalue weighted by Gasteiger charge is 2.21. The molecule has 1 aliphatic heterocycles. The van der Waals surface area contributed by atoms with Crippen LogP contribution < -0.4 is 5.32 Å². The Labute approximate surface area is 157 Å². The Morgan fingerprint density at radius 3 is 2.12 bits per heavy atom. The molecule has 2 rings (SSSR count). The van der Waals surface area contributed by atoms with Crippen LogP contribution in [0.2, 0.25) is 0 Å². The predicted octanol–water partition coefficient (Wildman–Crippen LogP) is 0.831. The highest BCUT2D eigenvalue weighted by molar-refractivity contribution is 5.78. The normalized spacial score (nSPS) is 15.6. The van der Waals surface area contributed by atoms with Crippen molar-refractivity contribution in [2.75, 3.05) is 58.9 Å². The first-order valence-electron chi connectivity index (χ1n) is 9.65. The van der Waals surface area contributed by atoms with Crippen LogP contribution in [0.1, 0.15) is 19.4 Å². The van der Waals surface area contributed by atoms with Crippen LogP contribution >= 0.6 is 0 Å². The van der Waals surface area contributed by atoms with Crippen LogP contribution in [-0.2, 0) is 16.0 Å². The largest absolute Gasteiger partial charge is 0.355 e. The lowest BCUT2D eigenvalue weighted by Crippen LogP contribution is -2.52. The molecule has 1 aromatic carbocycles. The lowest BCUT2D eigenvalue weighted by molar-refractivity contribution is -0.133. The monoisotopic (exact) mass is 360 g/mol.